The summed E-state index contributed by atoms with van der Waals surface area (Å²) in [6.45, 7) is 3.08. The number of nitrogens with zero attached hydrogens (tertiary/aromatic N) is 2. The van der Waals surface area contributed by atoms with E-state index >= 15 is 0 Å². The topological polar surface area (TPSA) is 84.1 Å². The normalized spacial score (nSPS) is 25.0. The second kappa shape index (κ2) is 14.2. The molecule has 1 amide bonds. The summed E-state index contributed by atoms with van der Waals surface area (Å²) in [6, 6.07) is -0.127. The van der Waals surface area contributed by atoms with Crippen LogP contribution in [0.15, 0.2) is 59.4 Å². The number of carbonyl (C=O) groups is 1. The van der Waals surface area contributed by atoms with E-state index in [0.717, 1.165) is 68.1 Å². The van der Waals surface area contributed by atoms with E-state index in [1.54, 1.807) is 12.2 Å². The van der Waals surface area contributed by atoms with E-state index in [4.69, 9.17) is 21.7 Å². The molecule has 4 atom stereocenters. The van der Waals surface area contributed by atoms with E-state index in [0.29, 0.717) is 42.1 Å². The number of hydrogen-bond donors (Lipinski definition) is 3. The smallest absolute Gasteiger partial charge is 0.234 e. The number of amides is 1. The van der Waals surface area contributed by atoms with Gasteiger partial charge in [0.05, 0.1) is 29.9 Å². The predicted octanol–water partition coefficient (Wildman–Crippen LogP) is 3.45. The van der Waals surface area contributed by atoms with Gasteiger partial charge >= 0.3 is 0 Å². The Kier molecular flexibility index (Phi) is 10.2. The van der Waals surface area contributed by atoms with Crippen LogP contribution in [0.4, 0.5) is 4.39 Å². The molecular formula is C32H41ClFN5O2. The maximum Gasteiger partial charge on any atom is 0.234 e. The lowest BCUT2D eigenvalue weighted by atomic mass is 9.88. The molecule has 41 heavy (non-hydrogen) atoms. The molecule has 0 spiro atoms. The van der Waals surface area contributed by atoms with Gasteiger partial charge in [-0.2, -0.15) is 0 Å². The minimum Gasteiger partial charge on any atom is -0.494 e. The average Bonchev–Trinajstić information content (AvgIpc) is 3.24. The molecule has 4 aliphatic rings. The standard InChI is InChI=1S/C32H41ClFN5O2/c33-27-6-1-2-7-28(27)37-31(40)21-36-20-23-10-12-24(13-11-23)22-39-30-9-4-3-8-29(30)38(32(39)35)18-5-19-41-26-16-14-25(34)15-17-26/h1-2,6,8-10,12,14,16-17,23-25,28,35-36H,3-5,7,11,13,15,18-22H2,(H,37,40). The summed E-state index contributed by atoms with van der Waals surface area (Å²) in [4.78, 5) is 12.3. The SMILES string of the molecule is N=c1n(CCCOC2=CCC(F)C=C2)c2c(n1CC1C=CC(CNCC(=O)NC3CC=CC=C3Cl)CC1)=CCCC=2. The van der Waals surface area contributed by atoms with Crippen molar-refractivity contribution in [1.82, 2.24) is 19.8 Å². The molecule has 0 aromatic carbocycles. The Morgan fingerprint density at radius 2 is 1.85 bits per heavy atom. The third kappa shape index (κ3) is 7.80. The van der Waals surface area contributed by atoms with Crippen molar-refractivity contribution in [3.63, 3.8) is 0 Å². The molecular weight excluding hydrogens is 541 g/mol. The Morgan fingerprint density at radius 3 is 2.59 bits per heavy atom. The first-order valence-corrected chi connectivity index (χ1v) is 15.3. The van der Waals surface area contributed by atoms with Gasteiger partial charge in [-0.1, -0.05) is 48.1 Å². The Morgan fingerprint density at radius 1 is 1.07 bits per heavy atom. The van der Waals surface area contributed by atoms with Crippen molar-refractivity contribution < 1.29 is 13.9 Å². The molecule has 4 unspecified atom stereocenters. The van der Waals surface area contributed by atoms with Gasteiger partial charge in [0, 0.05) is 31.1 Å². The van der Waals surface area contributed by atoms with E-state index < -0.39 is 6.17 Å². The number of fused-ring (bicyclic) bond motifs is 1. The molecule has 9 heteroatoms. The van der Waals surface area contributed by atoms with Gasteiger partial charge in [-0.15, -0.1) is 0 Å². The van der Waals surface area contributed by atoms with Crippen molar-refractivity contribution in [1.29, 1.82) is 5.41 Å². The van der Waals surface area contributed by atoms with Gasteiger partial charge < -0.3 is 24.5 Å². The molecule has 1 aromatic heterocycles. The second-order valence-electron chi connectivity index (χ2n) is 11.2. The molecule has 7 nitrogen and oxygen atoms in total. The number of allylic oxidation sites excluding steroid dienone is 6. The van der Waals surface area contributed by atoms with Crippen molar-refractivity contribution in [2.75, 3.05) is 19.7 Å². The van der Waals surface area contributed by atoms with Gasteiger partial charge in [0.25, 0.3) is 0 Å². The lowest BCUT2D eigenvalue weighted by molar-refractivity contribution is -0.120. The zero-order valence-corrected chi connectivity index (χ0v) is 24.3. The average molecular weight is 582 g/mol. The van der Waals surface area contributed by atoms with Gasteiger partial charge in [0.2, 0.25) is 11.5 Å². The van der Waals surface area contributed by atoms with Crippen LogP contribution in [-0.2, 0) is 22.6 Å². The van der Waals surface area contributed by atoms with Gasteiger partial charge in [-0.3, -0.25) is 10.2 Å². The van der Waals surface area contributed by atoms with Crippen LogP contribution in [0.3, 0.4) is 0 Å². The largest absolute Gasteiger partial charge is 0.494 e. The highest BCUT2D eigenvalue weighted by Crippen LogP contribution is 2.23. The van der Waals surface area contributed by atoms with Gasteiger partial charge in [0.15, 0.2) is 0 Å². The summed E-state index contributed by atoms with van der Waals surface area (Å²) in [6.07, 6.45) is 24.9. The van der Waals surface area contributed by atoms with E-state index in [9.17, 15) is 9.18 Å². The summed E-state index contributed by atoms with van der Waals surface area (Å²) >= 11 is 6.19. The van der Waals surface area contributed by atoms with Crippen LogP contribution in [-0.4, -0.2) is 47.0 Å². The van der Waals surface area contributed by atoms with Crippen LogP contribution in [0.25, 0.3) is 12.2 Å². The summed E-state index contributed by atoms with van der Waals surface area (Å²) < 4.78 is 23.4. The molecule has 0 radical (unpaired) electrons. The number of rotatable bonds is 12. The predicted molar refractivity (Wildman–Crippen MR) is 161 cm³/mol. The molecule has 1 aromatic rings. The quantitative estimate of drug-likeness (QED) is 0.261. The highest BCUT2D eigenvalue weighted by atomic mass is 35.5. The van der Waals surface area contributed by atoms with Crippen LogP contribution >= 0.6 is 11.6 Å². The van der Waals surface area contributed by atoms with Crippen molar-refractivity contribution in [3.8, 4) is 0 Å². The van der Waals surface area contributed by atoms with Crippen molar-refractivity contribution in [3.05, 3.63) is 75.7 Å². The van der Waals surface area contributed by atoms with E-state index in [-0.39, 0.29) is 18.5 Å². The Hall–Kier alpha value is -3.10. The summed E-state index contributed by atoms with van der Waals surface area (Å²) in [5.41, 5.74) is 0.535. The zero-order chi connectivity index (χ0) is 28.6. The summed E-state index contributed by atoms with van der Waals surface area (Å²) in [5, 5.41) is 18.2. The number of aromatic nitrogens is 2. The van der Waals surface area contributed by atoms with Gasteiger partial charge in [-0.25, -0.2) is 4.39 Å². The second-order valence-corrected chi connectivity index (χ2v) is 11.6. The van der Waals surface area contributed by atoms with Crippen LogP contribution < -0.4 is 27.0 Å². The third-order valence-corrected chi connectivity index (χ3v) is 8.50. The van der Waals surface area contributed by atoms with Gasteiger partial charge in [0.1, 0.15) is 11.9 Å². The lowest BCUT2D eigenvalue weighted by Crippen LogP contribution is -2.42. The number of imidazole rings is 1. The highest BCUT2D eigenvalue weighted by Gasteiger charge is 2.20. The van der Waals surface area contributed by atoms with Crippen molar-refractivity contribution >= 4 is 29.7 Å². The first-order valence-electron chi connectivity index (χ1n) is 14.9. The van der Waals surface area contributed by atoms with E-state index in [1.807, 2.05) is 18.2 Å². The molecule has 220 valence electrons. The van der Waals surface area contributed by atoms with E-state index in [1.165, 1.54) is 6.08 Å². The van der Waals surface area contributed by atoms with Crippen molar-refractivity contribution in [2.45, 2.75) is 70.2 Å². The lowest BCUT2D eigenvalue weighted by Gasteiger charge is -2.24. The first kappa shape index (κ1) is 29.4. The molecule has 0 saturated carbocycles. The fraction of sp³-hybridized carbons (Fsp3) is 0.500. The zero-order valence-electron chi connectivity index (χ0n) is 23.5. The Labute approximate surface area is 246 Å². The molecule has 3 N–H and O–H groups in total. The Balaban J connectivity index is 1.11. The monoisotopic (exact) mass is 581 g/mol. The van der Waals surface area contributed by atoms with Crippen LogP contribution in [0.5, 0.6) is 0 Å². The maximum absolute atomic E-state index is 13.3. The van der Waals surface area contributed by atoms with Crippen molar-refractivity contribution in [2.24, 2.45) is 11.8 Å². The molecule has 5 rings (SSSR count). The molecule has 0 saturated heterocycles. The minimum absolute atomic E-state index is 0.0411. The number of ether oxygens (including phenoxy) is 1. The molecule has 4 aliphatic carbocycles. The highest BCUT2D eigenvalue weighted by molar-refractivity contribution is 6.30. The first-order chi connectivity index (χ1) is 20.0. The van der Waals surface area contributed by atoms with E-state index in [2.05, 4.69) is 44.1 Å². The molecule has 0 bridgehead atoms. The number of alkyl halides is 1. The molecule has 1 heterocycles. The number of hydrogen-bond acceptors (Lipinski definition) is 4. The number of nitrogens with one attached hydrogen (secondary N) is 3. The fourth-order valence-corrected chi connectivity index (χ4v) is 6.08. The summed E-state index contributed by atoms with van der Waals surface area (Å²) in [7, 11) is 0. The fourth-order valence-electron chi connectivity index (χ4n) is 5.86. The summed E-state index contributed by atoms with van der Waals surface area (Å²) in [5.74, 6) is 1.46. The third-order valence-electron chi connectivity index (χ3n) is 8.11. The number of halogens is 2. The van der Waals surface area contributed by atoms with Crippen LogP contribution in [0.2, 0.25) is 0 Å². The number of carbonyl (C=O) groups excluding carboxylic acids is 1. The van der Waals surface area contributed by atoms with Gasteiger partial charge in [-0.05, 0) is 74.7 Å². The molecule has 0 aliphatic heterocycles. The molecule has 0 fully saturated rings. The minimum atomic E-state index is -0.913. The Bertz CT molecular complexity index is 1430. The maximum atomic E-state index is 13.3. The van der Waals surface area contributed by atoms with Crippen LogP contribution in [0.1, 0.15) is 44.9 Å². The van der Waals surface area contributed by atoms with Crippen LogP contribution in [0, 0.1) is 17.2 Å².